The van der Waals surface area contributed by atoms with E-state index < -0.39 is 0 Å². The summed E-state index contributed by atoms with van der Waals surface area (Å²) in [6, 6.07) is 3.40. The molecule has 6 nitrogen and oxygen atoms in total. The lowest BCUT2D eigenvalue weighted by atomic mass is 10.2. The van der Waals surface area contributed by atoms with Crippen molar-refractivity contribution in [1.29, 1.82) is 0 Å². The molecule has 2 rings (SSSR count). The zero-order valence-electron chi connectivity index (χ0n) is 10.2. The molecule has 0 unspecified atom stereocenters. The quantitative estimate of drug-likeness (QED) is 0.876. The molecule has 0 aliphatic carbocycles. The van der Waals surface area contributed by atoms with Gasteiger partial charge in [-0.1, -0.05) is 0 Å². The van der Waals surface area contributed by atoms with Crippen LogP contribution in [-0.4, -0.2) is 35.0 Å². The Balaban J connectivity index is 2.08. The van der Waals surface area contributed by atoms with E-state index in [-0.39, 0.29) is 5.91 Å². The van der Waals surface area contributed by atoms with E-state index in [9.17, 15) is 4.79 Å². The third kappa shape index (κ3) is 2.79. The number of aromatic nitrogens is 3. The molecule has 0 aliphatic rings. The van der Waals surface area contributed by atoms with Crippen LogP contribution < -0.4 is 10.2 Å². The van der Waals surface area contributed by atoms with Gasteiger partial charge in [-0.2, -0.15) is 0 Å². The van der Waals surface area contributed by atoms with Gasteiger partial charge < -0.3 is 10.2 Å². The van der Waals surface area contributed by atoms with Crippen LogP contribution in [0.5, 0.6) is 0 Å². The van der Waals surface area contributed by atoms with Gasteiger partial charge in [-0.25, -0.2) is 9.97 Å². The molecule has 2 aromatic heterocycles. The van der Waals surface area contributed by atoms with Crippen LogP contribution in [-0.2, 0) is 0 Å². The zero-order valence-corrected chi connectivity index (χ0v) is 10.2. The zero-order chi connectivity index (χ0) is 13.0. The molecular weight excluding hydrogens is 230 g/mol. The minimum absolute atomic E-state index is 0.232. The lowest BCUT2D eigenvalue weighted by Gasteiger charge is -2.10. The second-order valence-electron chi connectivity index (χ2n) is 3.86. The van der Waals surface area contributed by atoms with Crippen molar-refractivity contribution in [3.8, 4) is 0 Å². The Bertz CT molecular complexity index is 524. The summed E-state index contributed by atoms with van der Waals surface area (Å²) < 4.78 is 0. The van der Waals surface area contributed by atoms with E-state index in [1.807, 2.05) is 14.1 Å². The molecule has 2 heterocycles. The molecule has 0 aliphatic heterocycles. The highest BCUT2D eigenvalue weighted by molar-refractivity contribution is 6.03. The average Bonchev–Trinajstić information content (AvgIpc) is 2.40. The Labute approximate surface area is 105 Å². The van der Waals surface area contributed by atoms with Gasteiger partial charge in [0.15, 0.2) is 0 Å². The monoisotopic (exact) mass is 243 g/mol. The summed E-state index contributed by atoms with van der Waals surface area (Å²) in [6.45, 7) is 0. The van der Waals surface area contributed by atoms with Gasteiger partial charge in [0.1, 0.15) is 0 Å². The summed E-state index contributed by atoms with van der Waals surface area (Å²) in [5.41, 5.74) is 1.05. The number of hydrogen-bond donors (Lipinski definition) is 1. The Morgan fingerprint density at radius 1 is 1.22 bits per heavy atom. The molecular formula is C12H13N5O. The van der Waals surface area contributed by atoms with E-state index >= 15 is 0 Å². The fourth-order valence-electron chi connectivity index (χ4n) is 1.32. The number of amides is 1. The number of carbonyl (C=O) groups excluding carboxylic acids is 1. The van der Waals surface area contributed by atoms with Crippen LogP contribution in [0.3, 0.4) is 0 Å². The van der Waals surface area contributed by atoms with Gasteiger partial charge in [0.05, 0.1) is 23.6 Å². The summed E-state index contributed by atoms with van der Waals surface area (Å²) in [4.78, 5) is 25.7. The van der Waals surface area contributed by atoms with Crippen LogP contribution in [0.25, 0.3) is 0 Å². The molecule has 92 valence electrons. The normalized spacial score (nSPS) is 9.89. The molecule has 18 heavy (non-hydrogen) atoms. The maximum atomic E-state index is 11.8. The number of nitrogens with zero attached hydrogens (tertiary/aromatic N) is 4. The largest absolute Gasteiger partial charge is 0.347 e. The van der Waals surface area contributed by atoms with Gasteiger partial charge in [-0.15, -0.1) is 0 Å². The second-order valence-corrected chi connectivity index (χ2v) is 3.86. The molecule has 1 amide bonds. The summed E-state index contributed by atoms with van der Waals surface area (Å²) in [5, 5.41) is 2.70. The van der Waals surface area contributed by atoms with Crippen molar-refractivity contribution in [3.05, 3.63) is 42.5 Å². The molecule has 2 aromatic rings. The molecule has 0 saturated carbocycles. The molecule has 0 aromatic carbocycles. The number of rotatable bonds is 3. The lowest BCUT2D eigenvalue weighted by molar-refractivity contribution is 0.102. The van der Waals surface area contributed by atoms with E-state index in [0.717, 1.165) is 0 Å². The average molecular weight is 243 g/mol. The maximum Gasteiger partial charge on any atom is 0.257 e. The van der Waals surface area contributed by atoms with E-state index in [2.05, 4.69) is 20.3 Å². The first kappa shape index (κ1) is 12.0. The van der Waals surface area contributed by atoms with Crippen molar-refractivity contribution < 1.29 is 4.79 Å². The standard InChI is InChI=1S/C12H13N5O/c1-17(2)12-14-7-10(8-15-12)16-11(18)9-4-3-5-13-6-9/h3-8H,1-2H3,(H,16,18). The third-order valence-electron chi connectivity index (χ3n) is 2.22. The first-order chi connectivity index (χ1) is 8.66. The first-order valence-electron chi connectivity index (χ1n) is 5.37. The van der Waals surface area contributed by atoms with Crippen LogP contribution in [0.2, 0.25) is 0 Å². The molecule has 1 N–H and O–H groups in total. The van der Waals surface area contributed by atoms with Gasteiger partial charge in [0.2, 0.25) is 5.95 Å². The Kier molecular flexibility index (Phi) is 3.47. The van der Waals surface area contributed by atoms with Crippen LogP contribution in [0.1, 0.15) is 10.4 Å². The molecule has 0 radical (unpaired) electrons. The molecule has 0 atom stereocenters. The predicted octanol–water partition coefficient (Wildman–Crippen LogP) is 1.19. The molecule has 0 spiro atoms. The SMILES string of the molecule is CN(C)c1ncc(NC(=O)c2cccnc2)cn1. The van der Waals surface area contributed by atoms with Gasteiger partial charge in [-0.3, -0.25) is 9.78 Å². The smallest absolute Gasteiger partial charge is 0.257 e. The van der Waals surface area contributed by atoms with Gasteiger partial charge in [-0.05, 0) is 12.1 Å². The molecule has 6 heteroatoms. The topological polar surface area (TPSA) is 71.0 Å². The summed E-state index contributed by atoms with van der Waals surface area (Å²) >= 11 is 0. The molecule has 0 fully saturated rings. The molecule has 0 saturated heterocycles. The third-order valence-corrected chi connectivity index (χ3v) is 2.22. The van der Waals surface area contributed by atoms with E-state index in [0.29, 0.717) is 17.2 Å². The number of nitrogens with one attached hydrogen (secondary N) is 1. The highest BCUT2D eigenvalue weighted by Crippen LogP contribution is 2.09. The van der Waals surface area contributed by atoms with Gasteiger partial charge in [0.25, 0.3) is 5.91 Å². The lowest BCUT2D eigenvalue weighted by Crippen LogP contribution is -2.15. The van der Waals surface area contributed by atoms with Crippen molar-refractivity contribution in [3.63, 3.8) is 0 Å². The number of hydrogen-bond acceptors (Lipinski definition) is 5. The van der Waals surface area contributed by atoms with Crippen molar-refractivity contribution >= 4 is 17.5 Å². The number of carbonyl (C=O) groups is 1. The minimum atomic E-state index is -0.232. The van der Waals surface area contributed by atoms with Crippen LogP contribution in [0.15, 0.2) is 36.9 Å². The van der Waals surface area contributed by atoms with Crippen molar-refractivity contribution in [2.24, 2.45) is 0 Å². The Hall–Kier alpha value is -2.50. The van der Waals surface area contributed by atoms with Crippen molar-refractivity contribution in [2.45, 2.75) is 0 Å². The fraction of sp³-hybridized carbons (Fsp3) is 0.167. The van der Waals surface area contributed by atoms with Crippen molar-refractivity contribution in [1.82, 2.24) is 15.0 Å². The van der Waals surface area contributed by atoms with Crippen molar-refractivity contribution in [2.75, 3.05) is 24.3 Å². The van der Waals surface area contributed by atoms with Gasteiger partial charge >= 0.3 is 0 Å². The Morgan fingerprint density at radius 3 is 2.50 bits per heavy atom. The van der Waals surface area contributed by atoms with E-state index in [4.69, 9.17) is 0 Å². The second kappa shape index (κ2) is 5.22. The van der Waals surface area contributed by atoms with Crippen LogP contribution >= 0.6 is 0 Å². The Morgan fingerprint density at radius 2 is 1.94 bits per heavy atom. The van der Waals surface area contributed by atoms with Crippen LogP contribution in [0.4, 0.5) is 11.6 Å². The van der Waals surface area contributed by atoms with Crippen LogP contribution in [0, 0.1) is 0 Å². The summed E-state index contributed by atoms with van der Waals surface area (Å²) in [5.74, 6) is 0.360. The highest BCUT2D eigenvalue weighted by atomic mass is 16.1. The van der Waals surface area contributed by atoms with Gasteiger partial charge in [0, 0.05) is 26.5 Å². The molecule has 0 bridgehead atoms. The number of pyridine rings is 1. The highest BCUT2D eigenvalue weighted by Gasteiger charge is 2.06. The van der Waals surface area contributed by atoms with E-state index in [1.165, 1.54) is 6.20 Å². The number of anilines is 2. The maximum absolute atomic E-state index is 11.8. The summed E-state index contributed by atoms with van der Waals surface area (Å²) in [7, 11) is 3.70. The minimum Gasteiger partial charge on any atom is -0.347 e. The van der Waals surface area contributed by atoms with E-state index in [1.54, 1.807) is 35.6 Å². The predicted molar refractivity (Wildman–Crippen MR) is 68.5 cm³/mol. The summed E-state index contributed by atoms with van der Waals surface area (Å²) in [6.07, 6.45) is 6.25. The fourth-order valence-corrected chi connectivity index (χ4v) is 1.32. The first-order valence-corrected chi connectivity index (χ1v) is 5.37.